The number of esters is 1. The van der Waals surface area contributed by atoms with E-state index in [1.54, 1.807) is 26.0 Å². The number of nitrogens with zero attached hydrogens (tertiary/aromatic N) is 1. The van der Waals surface area contributed by atoms with Crippen LogP contribution in [0.15, 0.2) is 24.3 Å². The van der Waals surface area contributed by atoms with E-state index < -0.39 is 16.8 Å². The lowest BCUT2D eigenvalue weighted by atomic mass is 9.95. The predicted octanol–water partition coefficient (Wildman–Crippen LogP) is 4.45. The number of anilines is 1. The summed E-state index contributed by atoms with van der Waals surface area (Å²) in [6.07, 6.45) is 3.80. The maximum atomic E-state index is 12.8. The van der Waals surface area contributed by atoms with E-state index in [1.165, 1.54) is 23.5 Å². The van der Waals surface area contributed by atoms with Gasteiger partial charge in [-0.05, 0) is 50.7 Å². The lowest BCUT2D eigenvalue weighted by Gasteiger charge is -2.14. The molecule has 1 atom stereocenters. The lowest BCUT2D eigenvalue weighted by Crippen LogP contribution is -2.20. The van der Waals surface area contributed by atoms with Gasteiger partial charge in [-0.25, -0.2) is 4.79 Å². The van der Waals surface area contributed by atoms with Crippen LogP contribution in [-0.4, -0.2) is 23.4 Å². The smallest absolute Gasteiger partial charge is 0.341 e. The van der Waals surface area contributed by atoms with Gasteiger partial charge in [0.2, 0.25) is 5.91 Å². The molecule has 3 rings (SSSR count). The fourth-order valence-corrected chi connectivity index (χ4v) is 4.61. The second kappa shape index (κ2) is 8.52. The summed E-state index contributed by atoms with van der Waals surface area (Å²) in [5, 5.41) is 14.2. The first-order chi connectivity index (χ1) is 13.4. The summed E-state index contributed by atoms with van der Waals surface area (Å²) < 4.78 is 5.21. The van der Waals surface area contributed by atoms with Crippen molar-refractivity contribution in [2.24, 2.45) is 0 Å². The topological polar surface area (TPSA) is 98.5 Å². The zero-order valence-electron chi connectivity index (χ0n) is 15.8. The standard InChI is InChI=1S/C20H22N2O5S/c1-3-27-20(24)17-15-6-4-5-7-16(15)28-19(17)21-18(23)12(2)13-8-10-14(11-9-13)22(25)26/h8-12H,3-7H2,1-2H3,(H,21,23)/t12-/m0/s1. The number of benzene rings is 1. The molecule has 148 valence electrons. The quantitative estimate of drug-likeness (QED) is 0.437. The van der Waals surface area contributed by atoms with Crippen molar-refractivity contribution in [1.29, 1.82) is 0 Å². The van der Waals surface area contributed by atoms with E-state index in [0.717, 1.165) is 36.1 Å². The van der Waals surface area contributed by atoms with E-state index in [1.807, 2.05) is 0 Å². The van der Waals surface area contributed by atoms with Crippen LogP contribution in [-0.2, 0) is 22.4 Å². The second-order valence-corrected chi connectivity index (χ2v) is 7.80. The predicted molar refractivity (Wildman–Crippen MR) is 107 cm³/mol. The minimum Gasteiger partial charge on any atom is -0.462 e. The number of nitro benzene ring substituents is 1. The third kappa shape index (κ3) is 4.06. The largest absolute Gasteiger partial charge is 0.462 e. The minimum atomic E-state index is -0.519. The third-order valence-corrected chi connectivity index (χ3v) is 6.09. The molecule has 0 aliphatic heterocycles. The first-order valence-corrected chi connectivity index (χ1v) is 10.1. The van der Waals surface area contributed by atoms with Crippen molar-refractivity contribution in [1.82, 2.24) is 0 Å². The molecule has 28 heavy (non-hydrogen) atoms. The lowest BCUT2D eigenvalue weighted by molar-refractivity contribution is -0.384. The van der Waals surface area contributed by atoms with Crippen LogP contribution >= 0.6 is 11.3 Å². The molecule has 1 heterocycles. The molecule has 0 saturated carbocycles. The van der Waals surface area contributed by atoms with Crippen LogP contribution in [0.25, 0.3) is 0 Å². The Labute approximate surface area is 166 Å². The molecule has 1 amide bonds. The van der Waals surface area contributed by atoms with Crippen LogP contribution < -0.4 is 5.32 Å². The number of fused-ring (bicyclic) bond motifs is 1. The van der Waals surface area contributed by atoms with Gasteiger partial charge in [0.1, 0.15) is 5.00 Å². The molecule has 1 N–H and O–H groups in total. The molecule has 1 aromatic carbocycles. The van der Waals surface area contributed by atoms with E-state index >= 15 is 0 Å². The molecule has 0 spiro atoms. The number of hydrogen-bond acceptors (Lipinski definition) is 6. The summed E-state index contributed by atoms with van der Waals surface area (Å²) in [6.45, 7) is 3.76. The number of hydrogen-bond donors (Lipinski definition) is 1. The summed E-state index contributed by atoms with van der Waals surface area (Å²) in [6, 6.07) is 5.92. The molecular weight excluding hydrogens is 380 g/mol. The van der Waals surface area contributed by atoms with Crippen LogP contribution in [0.1, 0.15) is 59.0 Å². The average molecular weight is 402 g/mol. The summed E-state index contributed by atoms with van der Waals surface area (Å²) in [7, 11) is 0. The monoisotopic (exact) mass is 402 g/mol. The molecule has 0 fully saturated rings. The van der Waals surface area contributed by atoms with Crippen molar-refractivity contribution >= 4 is 33.9 Å². The van der Waals surface area contributed by atoms with Gasteiger partial charge in [0.25, 0.3) is 5.69 Å². The number of ether oxygens (including phenoxy) is 1. The van der Waals surface area contributed by atoms with Gasteiger partial charge < -0.3 is 10.1 Å². The number of amides is 1. The number of carbonyl (C=O) groups is 2. The van der Waals surface area contributed by atoms with Crippen molar-refractivity contribution < 1.29 is 19.2 Å². The molecule has 0 radical (unpaired) electrons. The Hall–Kier alpha value is -2.74. The number of nitro groups is 1. The fourth-order valence-electron chi connectivity index (χ4n) is 3.33. The molecule has 0 bridgehead atoms. The van der Waals surface area contributed by atoms with E-state index in [0.29, 0.717) is 16.1 Å². The van der Waals surface area contributed by atoms with E-state index in [2.05, 4.69) is 5.32 Å². The Bertz CT molecular complexity index is 904. The van der Waals surface area contributed by atoms with E-state index in [9.17, 15) is 19.7 Å². The highest BCUT2D eigenvalue weighted by molar-refractivity contribution is 7.17. The Kier molecular flexibility index (Phi) is 6.08. The Morgan fingerprint density at radius 3 is 2.57 bits per heavy atom. The van der Waals surface area contributed by atoms with Crippen LogP contribution in [0.4, 0.5) is 10.7 Å². The molecule has 0 unspecified atom stereocenters. The van der Waals surface area contributed by atoms with Crippen molar-refractivity contribution in [2.75, 3.05) is 11.9 Å². The van der Waals surface area contributed by atoms with Gasteiger partial charge >= 0.3 is 5.97 Å². The van der Waals surface area contributed by atoms with Gasteiger partial charge in [-0.1, -0.05) is 12.1 Å². The fraction of sp³-hybridized carbons (Fsp3) is 0.400. The number of thiophene rings is 1. The minimum absolute atomic E-state index is 0.0214. The van der Waals surface area contributed by atoms with Crippen LogP contribution in [0, 0.1) is 10.1 Å². The SMILES string of the molecule is CCOC(=O)c1c(NC(=O)[C@@H](C)c2ccc([N+](=O)[O-])cc2)sc2c1CCCC2. The Balaban J connectivity index is 1.84. The summed E-state index contributed by atoms with van der Waals surface area (Å²) in [5.74, 6) is -1.19. The maximum Gasteiger partial charge on any atom is 0.341 e. The normalized spacial score (nSPS) is 14.1. The average Bonchev–Trinajstić information content (AvgIpc) is 3.05. The van der Waals surface area contributed by atoms with Crippen LogP contribution in [0.3, 0.4) is 0 Å². The van der Waals surface area contributed by atoms with Gasteiger partial charge in [-0.15, -0.1) is 11.3 Å². The van der Waals surface area contributed by atoms with Gasteiger partial charge in [-0.2, -0.15) is 0 Å². The number of carbonyl (C=O) groups excluding carboxylic acids is 2. The number of nitrogens with one attached hydrogen (secondary N) is 1. The number of aryl methyl sites for hydroxylation is 1. The molecule has 8 heteroatoms. The van der Waals surface area contributed by atoms with Crippen molar-refractivity contribution in [3.05, 3.63) is 55.9 Å². The van der Waals surface area contributed by atoms with E-state index in [4.69, 9.17) is 4.74 Å². The highest BCUT2D eigenvalue weighted by atomic mass is 32.1. The number of rotatable bonds is 6. The van der Waals surface area contributed by atoms with Crippen molar-refractivity contribution in [3.63, 3.8) is 0 Å². The maximum absolute atomic E-state index is 12.8. The highest BCUT2D eigenvalue weighted by Gasteiger charge is 2.28. The van der Waals surface area contributed by atoms with Crippen molar-refractivity contribution in [2.45, 2.75) is 45.4 Å². The van der Waals surface area contributed by atoms with Gasteiger partial charge in [-0.3, -0.25) is 14.9 Å². The zero-order valence-corrected chi connectivity index (χ0v) is 16.6. The summed E-state index contributed by atoms with van der Waals surface area (Å²) in [4.78, 5) is 36.7. The Morgan fingerprint density at radius 2 is 1.93 bits per heavy atom. The molecule has 2 aromatic rings. The molecule has 1 aliphatic rings. The molecule has 1 aromatic heterocycles. The van der Waals surface area contributed by atoms with Crippen LogP contribution in [0.5, 0.6) is 0 Å². The molecule has 1 aliphatic carbocycles. The van der Waals surface area contributed by atoms with E-state index in [-0.39, 0.29) is 18.2 Å². The summed E-state index contributed by atoms with van der Waals surface area (Å²) in [5.41, 5.74) is 2.12. The van der Waals surface area contributed by atoms with Gasteiger partial charge in [0.05, 0.1) is 23.0 Å². The first kappa shape index (κ1) is 20.0. The molecule has 7 nitrogen and oxygen atoms in total. The second-order valence-electron chi connectivity index (χ2n) is 6.70. The van der Waals surface area contributed by atoms with Gasteiger partial charge in [0.15, 0.2) is 0 Å². The Morgan fingerprint density at radius 1 is 1.25 bits per heavy atom. The van der Waals surface area contributed by atoms with Gasteiger partial charge in [0, 0.05) is 17.0 Å². The highest BCUT2D eigenvalue weighted by Crippen LogP contribution is 2.39. The zero-order chi connectivity index (χ0) is 20.3. The third-order valence-electron chi connectivity index (χ3n) is 4.88. The first-order valence-electron chi connectivity index (χ1n) is 9.29. The van der Waals surface area contributed by atoms with Crippen LogP contribution in [0.2, 0.25) is 0 Å². The number of non-ortho nitro benzene ring substituents is 1. The van der Waals surface area contributed by atoms with Crippen molar-refractivity contribution in [3.8, 4) is 0 Å². The molecular formula is C20H22N2O5S. The molecule has 0 saturated heterocycles. The summed E-state index contributed by atoms with van der Waals surface area (Å²) >= 11 is 1.44.